The van der Waals surface area contributed by atoms with Crippen LogP contribution in [0.5, 0.6) is 0 Å². The fourth-order valence-corrected chi connectivity index (χ4v) is 3.33. The second-order valence-electron chi connectivity index (χ2n) is 7.87. The van der Waals surface area contributed by atoms with Crippen LogP contribution in [-0.4, -0.2) is 15.2 Å². The number of nitrogens with one attached hydrogen (secondary N) is 1. The van der Waals surface area contributed by atoms with Crippen molar-refractivity contribution in [1.29, 1.82) is 0 Å². The zero-order valence-electron chi connectivity index (χ0n) is 17.3. The van der Waals surface area contributed by atoms with Gasteiger partial charge in [0.15, 0.2) is 6.29 Å². The Labute approximate surface area is 179 Å². The molecule has 0 bridgehead atoms. The van der Waals surface area contributed by atoms with Gasteiger partial charge in [0.05, 0.1) is 11.6 Å². The lowest BCUT2D eigenvalue weighted by Crippen LogP contribution is -2.14. The zero-order valence-corrected chi connectivity index (χ0v) is 17.3. The summed E-state index contributed by atoms with van der Waals surface area (Å²) in [6.45, 7) is 4.23. The van der Waals surface area contributed by atoms with E-state index < -0.39 is 18.0 Å². The first-order valence-corrected chi connectivity index (χ1v) is 9.99. The Bertz CT molecular complexity index is 968. The molecule has 0 aliphatic rings. The molecule has 164 valence electrons. The van der Waals surface area contributed by atoms with Crippen LogP contribution >= 0.6 is 0 Å². The summed E-state index contributed by atoms with van der Waals surface area (Å²) in [5.74, 6) is 1.02. The Morgan fingerprint density at radius 1 is 0.839 bits per heavy atom. The third-order valence-corrected chi connectivity index (χ3v) is 4.97. The van der Waals surface area contributed by atoms with Crippen molar-refractivity contribution in [2.24, 2.45) is 5.92 Å². The number of rotatable bonds is 7. The monoisotopic (exact) mass is 430 g/mol. The predicted octanol–water partition coefficient (Wildman–Crippen LogP) is 5.95. The number of pyridine rings is 1. The highest BCUT2D eigenvalue weighted by molar-refractivity contribution is 5.64. The summed E-state index contributed by atoms with van der Waals surface area (Å²) in [5, 5.41) is 21.8. The normalized spacial score (nSPS) is 12.9. The van der Waals surface area contributed by atoms with Gasteiger partial charge in [0.2, 0.25) is 0 Å². The standard InChI is InChI=1S/C24H25F3N2O2/c1-15(2)13-21(29-22-12-9-19(14-28-22)23(30)31)18-5-3-16(4-6-18)17-7-10-20(11-8-17)24(25,26)27/h3-12,14-15,21,23,30-31H,13H2,1-2H3,(H,28,29). The molecule has 31 heavy (non-hydrogen) atoms. The van der Waals surface area contributed by atoms with Crippen LogP contribution in [0, 0.1) is 5.92 Å². The number of anilines is 1. The van der Waals surface area contributed by atoms with Gasteiger partial charge in [-0.05, 0) is 53.3 Å². The molecule has 0 spiro atoms. The van der Waals surface area contributed by atoms with Crippen LogP contribution in [0.15, 0.2) is 66.9 Å². The van der Waals surface area contributed by atoms with E-state index in [4.69, 9.17) is 0 Å². The van der Waals surface area contributed by atoms with E-state index in [0.29, 0.717) is 22.9 Å². The van der Waals surface area contributed by atoms with Crippen LogP contribution in [0.25, 0.3) is 11.1 Å². The van der Waals surface area contributed by atoms with Gasteiger partial charge in [-0.3, -0.25) is 0 Å². The second-order valence-corrected chi connectivity index (χ2v) is 7.87. The van der Waals surface area contributed by atoms with Crippen molar-refractivity contribution in [1.82, 2.24) is 4.98 Å². The number of aromatic nitrogens is 1. The molecule has 3 rings (SSSR count). The molecular weight excluding hydrogens is 405 g/mol. The summed E-state index contributed by atoms with van der Waals surface area (Å²) in [7, 11) is 0. The third-order valence-electron chi connectivity index (χ3n) is 4.97. The van der Waals surface area contributed by atoms with E-state index in [1.165, 1.54) is 18.3 Å². The number of aliphatic hydroxyl groups excluding tert-OH is 1. The smallest absolute Gasteiger partial charge is 0.364 e. The third kappa shape index (κ3) is 6.06. The molecule has 4 nitrogen and oxygen atoms in total. The molecule has 1 heterocycles. The van der Waals surface area contributed by atoms with Crippen molar-refractivity contribution in [3.63, 3.8) is 0 Å². The van der Waals surface area contributed by atoms with E-state index >= 15 is 0 Å². The number of hydrogen-bond donors (Lipinski definition) is 3. The average Bonchev–Trinajstić information content (AvgIpc) is 2.73. The number of hydrogen-bond acceptors (Lipinski definition) is 4. The Morgan fingerprint density at radius 2 is 1.39 bits per heavy atom. The largest absolute Gasteiger partial charge is 0.416 e. The first-order chi connectivity index (χ1) is 14.6. The van der Waals surface area contributed by atoms with Crippen molar-refractivity contribution in [2.75, 3.05) is 5.32 Å². The minimum atomic E-state index is -4.35. The highest BCUT2D eigenvalue weighted by Crippen LogP contribution is 2.32. The molecule has 0 saturated heterocycles. The van der Waals surface area contributed by atoms with E-state index in [9.17, 15) is 23.4 Å². The molecule has 0 aliphatic carbocycles. The summed E-state index contributed by atoms with van der Waals surface area (Å²) >= 11 is 0. The topological polar surface area (TPSA) is 65.4 Å². The number of benzene rings is 2. The molecule has 2 aromatic carbocycles. The van der Waals surface area contributed by atoms with Crippen molar-refractivity contribution in [3.05, 3.63) is 83.6 Å². The molecule has 7 heteroatoms. The molecule has 0 radical (unpaired) electrons. The van der Waals surface area contributed by atoms with Gasteiger partial charge in [-0.1, -0.05) is 50.2 Å². The number of halogens is 3. The Kier molecular flexibility index (Phi) is 6.97. The summed E-state index contributed by atoms with van der Waals surface area (Å²) in [5.41, 5.74) is 2.22. The summed E-state index contributed by atoms with van der Waals surface area (Å²) < 4.78 is 38.3. The van der Waals surface area contributed by atoms with Crippen LogP contribution in [0.4, 0.5) is 19.0 Å². The van der Waals surface area contributed by atoms with Gasteiger partial charge in [-0.25, -0.2) is 4.98 Å². The minimum absolute atomic E-state index is 0.0287. The molecular formula is C24H25F3N2O2. The van der Waals surface area contributed by atoms with Crippen molar-refractivity contribution >= 4 is 5.82 Å². The predicted molar refractivity (Wildman–Crippen MR) is 114 cm³/mol. The fraction of sp³-hybridized carbons (Fsp3) is 0.292. The maximum atomic E-state index is 12.8. The van der Waals surface area contributed by atoms with Gasteiger partial charge in [-0.2, -0.15) is 13.2 Å². The van der Waals surface area contributed by atoms with Gasteiger partial charge >= 0.3 is 6.18 Å². The molecule has 0 saturated carbocycles. The lowest BCUT2D eigenvalue weighted by molar-refractivity contribution is -0.137. The summed E-state index contributed by atoms with van der Waals surface area (Å²) in [6.07, 6.45) is -3.66. The number of nitrogens with zero attached hydrogens (tertiary/aromatic N) is 1. The Morgan fingerprint density at radius 3 is 1.84 bits per heavy atom. The van der Waals surface area contributed by atoms with Crippen LogP contribution < -0.4 is 5.32 Å². The van der Waals surface area contributed by atoms with Gasteiger partial charge in [0, 0.05) is 11.8 Å². The SMILES string of the molecule is CC(C)CC(Nc1ccc(C(O)O)cn1)c1ccc(-c2ccc(C(F)(F)F)cc2)cc1. The quantitative estimate of drug-likeness (QED) is 0.405. The van der Waals surface area contributed by atoms with E-state index in [-0.39, 0.29) is 6.04 Å². The van der Waals surface area contributed by atoms with Crippen LogP contribution in [0.3, 0.4) is 0 Å². The number of aliphatic hydroxyl groups is 2. The van der Waals surface area contributed by atoms with Crippen molar-refractivity contribution < 1.29 is 23.4 Å². The molecule has 3 aromatic rings. The molecule has 3 N–H and O–H groups in total. The molecule has 0 aliphatic heterocycles. The van der Waals surface area contributed by atoms with E-state index in [1.807, 2.05) is 24.3 Å². The van der Waals surface area contributed by atoms with Gasteiger partial charge in [0.25, 0.3) is 0 Å². The lowest BCUT2D eigenvalue weighted by atomic mass is 9.95. The van der Waals surface area contributed by atoms with Gasteiger partial charge in [-0.15, -0.1) is 0 Å². The maximum absolute atomic E-state index is 12.8. The van der Waals surface area contributed by atoms with E-state index in [1.54, 1.807) is 12.1 Å². The van der Waals surface area contributed by atoms with Crippen molar-refractivity contribution in [2.45, 2.75) is 38.8 Å². The van der Waals surface area contributed by atoms with Crippen molar-refractivity contribution in [3.8, 4) is 11.1 Å². The zero-order chi connectivity index (χ0) is 22.6. The average molecular weight is 430 g/mol. The first kappa shape index (κ1) is 22.8. The van der Waals surface area contributed by atoms with Crippen LogP contribution in [-0.2, 0) is 6.18 Å². The number of alkyl halides is 3. The summed E-state index contributed by atoms with van der Waals surface area (Å²) in [4.78, 5) is 4.24. The molecule has 1 atom stereocenters. The lowest BCUT2D eigenvalue weighted by Gasteiger charge is -2.22. The van der Waals surface area contributed by atoms with Gasteiger partial charge < -0.3 is 15.5 Å². The first-order valence-electron chi connectivity index (χ1n) is 9.99. The van der Waals surface area contributed by atoms with Gasteiger partial charge in [0.1, 0.15) is 5.82 Å². The fourth-order valence-electron chi connectivity index (χ4n) is 3.33. The van der Waals surface area contributed by atoms with Crippen LogP contribution in [0.1, 0.15) is 49.3 Å². The summed E-state index contributed by atoms with van der Waals surface area (Å²) in [6, 6.07) is 16.1. The van der Waals surface area contributed by atoms with E-state index in [0.717, 1.165) is 29.7 Å². The highest BCUT2D eigenvalue weighted by Gasteiger charge is 2.30. The minimum Gasteiger partial charge on any atom is -0.364 e. The molecule has 0 fully saturated rings. The van der Waals surface area contributed by atoms with Crippen LogP contribution in [0.2, 0.25) is 0 Å². The highest BCUT2D eigenvalue weighted by atomic mass is 19.4. The Balaban J connectivity index is 1.79. The molecule has 1 aromatic heterocycles. The molecule has 0 amide bonds. The molecule has 1 unspecified atom stereocenters. The Hall–Kier alpha value is -2.90. The second kappa shape index (κ2) is 9.49. The maximum Gasteiger partial charge on any atom is 0.416 e. The van der Waals surface area contributed by atoms with E-state index in [2.05, 4.69) is 24.1 Å².